The van der Waals surface area contributed by atoms with E-state index >= 15 is 0 Å². The fourth-order valence-corrected chi connectivity index (χ4v) is 1.92. The van der Waals surface area contributed by atoms with Gasteiger partial charge in [-0.25, -0.2) is 0 Å². The molecule has 21 heavy (non-hydrogen) atoms. The zero-order valence-corrected chi connectivity index (χ0v) is 12.3. The summed E-state index contributed by atoms with van der Waals surface area (Å²) in [6.07, 6.45) is 5.08. The third-order valence-corrected chi connectivity index (χ3v) is 3.03. The molecular weight excluding hydrogens is 260 g/mol. The summed E-state index contributed by atoms with van der Waals surface area (Å²) in [5.74, 6) is 0. The molecule has 0 aliphatic carbocycles. The number of hydrogen-bond acceptors (Lipinski definition) is 2. The Morgan fingerprint density at radius 1 is 0.667 bits per heavy atom. The Morgan fingerprint density at radius 3 is 1.86 bits per heavy atom. The highest BCUT2D eigenvalue weighted by atomic mass is 16.5. The molecule has 0 aromatic heterocycles. The quantitative estimate of drug-likeness (QED) is 0.502. The van der Waals surface area contributed by atoms with Crippen molar-refractivity contribution < 1.29 is 9.47 Å². The van der Waals surface area contributed by atoms with Gasteiger partial charge in [-0.15, -0.1) is 0 Å². The van der Waals surface area contributed by atoms with Crippen LogP contribution in [-0.4, -0.2) is 13.2 Å². The van der Waals surface area contributed by atoms with Crippen LogP contribution in [0.5, 0.6) is 0 Å². The number of rotatable bonds is 9. The van der Waals surface area contributed by atoms with Crippen molar-refractivity contribution in [2.24, 2.45) is 0 Å². The van der Waals surface area contributed by atoms with E-state index in [9.17, 15) is 0 Å². The molecule has 0 atom stereocenters. The van der Waals surface area contributed by atoms with Crippen LogP contribution in [0.4, 0.5) is 0 Å². The number of benzene rings is 2. The van der Waals surface area contributed by atoms with E-state index in [1.165, 1.54) is 11.1 Å². The SMILES string of the molecule is C(=C\COCc1ccccc1)/CCOCc1ccccc1. The third-order valence-electron chi connectivity index (χ3n) is 3.03. The maximum absolute atomic E-state index is 5.60. The minimum absolute atomic E-state index is 0.646. The van der Waals surface area contributed by atoms with Crippen molar-refractivity contribution in [3.63, 3.8) is 0 Å². The van der Waals surface area contributed by atoms with Gasteiger partial charge in [0.05, 0.1) is 26.4 Å². The lowest BCUT2D eigenvalue weighted by Gasteiger charge is -2.02. The van der Waals surface area contributed by atoms with Crippen LogP contribution in [0.15, 0.2) is 72.8 Å². The minimum atomic E-state index is 0.646. The molecule has 2 nitrogen and oxygen atoms in total. The van der Waals surface area contributed by atoms with E-state index < -0.39 is 0 Å². The zero-order valence-electron chi connectivity index (χ0n) is 12.3. The Bertz CT molecular complexity index is 506. The van der Waals surface area contributed by atoms with Gasteiger partial charge in [0.1, 0.15) is 0 Å². The van der Waals surface area contributed by atoms with E-state index in [1.807, 2.05) is 36.4 Å². The van der Waals surface area contributed by atoms with Crippen LogP contribution in [-0.2, 0) is 22.7 Å². The van der Waals surface area contributed by atoms with Crippen molar-refractivity contribution >= 4 is 0 Å². The topological polar surface area (TPSA) is 18.5 Å². The summed E-state index contributed by atoms with van der Waals surface area (Å²) in [5, 5.41) is 0. The van der Waals surface area contributed by atoms with Crippen molar-refractivity contribution in [2.75, 3.05) is 13.2 Å². The van der Waals surface area contributed by atoms with Crippen molar-refractivity contribution in [1.82, 2.24) is 0 Å². The fraction of sp³-hybridized carbons (Fsp3) is 0.263. The molecule has 2 heteroatoms. The lowest BCUT2D eigenvalue weighted by atomic mass is 10.2. The summed E-state index contributed by atoms with van der Waals surface area (Å²) in [7, 11) is 0. The van der Waals surface area contributed by atoms with Crippen molar-refractivity contribution in [3.8, 4) is 0 Å². The van der Waals surface area contributed by atoms with Crippen LogP contribution in [0.25, 0.3) is 0 Å². The van der Waals surface area contributed by atoms with Gasteiger partial charge in [-0.05, 0) is 17.5 Å². The molecule has 2 aromatic rings. The van der Waals surface area contributed by atoms with Gasteiger partial charge in [-0.3, -0.25) is 0 Å². The maximum Gasteiger partial charge on any atom is 0.0721 e. The minimum Gasteiger partial charge on any atom is -0.376 e. The Labute approximate surface area is 127 Å². The number of hydrogen-bond donors (Lipinski definition) is 0. The summed E-state index contributed by atoms with van der Waals surface area (Å²) in [6.45, 7) is 2.73. The zero-order chi connectivity index (χ0) is 14.6. The molecule has 0 spiro atoms. The van der Waals surface area contributed by atoms with Gasteiger partial charge < -0.3 is 9.47 Å². The third kappa shape index (κ3) is 6.89. The summed E-state index contributed by atoms with van der Waals surface area (Å²) < 4.78 is 11.2. The average molecular weight is 282 g/mol. The molecule has 2 aromatic carbocycles. The summed E-state index contributed by atoms with van der Waals surface area (Å²) >= 11 is 0. The normalized spacial score (nSPS) is 11.0. The van der Waals surface area contributed by atoms with Crippen molar-refractivity contribution in [2.45, 2.75) is 19.6 Å². The molecular formula is C19H22O2. The van der Waals surface area contributed by atoms with Crippen LogP contribution in [0, 0.1) is 0 Å². The second-order valence-corrected chi connectivity index (χ2v) is 4.80. The van der Waals surface area contributed by atoms with Crippen molar-refractivity contribution in [1.29, 1.82) is 0 Å². The fourth-order valence-electron chi connectivity index (χ4n) is 1.92. The van der Waals surface area contributed by atoms with Gasteiger partial charge in [0.2, 0.25) is 0 Å². The van der Waals surface area contributed by atoms with E-state index in [2.05, 4.69) is 36.4 Å². The van der Waals surface area contributed by atoms with Crippen LogP contribution < -0.4 is 0 Å². The first-order valence-corrected chi connectivity index (χ1v) is 7.33. The highest BCUT2D eigenvalue weighted by Crippen LogP contribution is 2.02. The molecule has 0 saturated heterocycles. The van der Waals surface area contributed by atoms with Gasteiger partial charge >= 0.3 is 0 Å². The molecule has 110 valence electrons. The summed E-state index contributed by atoms with van der Waals surface area (Å²) in [6, 6.07) is 20.4. The van der Waals surface area contributed by atoms with E-state index in [-0.39, 0.29) is 0 Å². The van der Waals surface area contributed by atoms with Crippen LogP contribution >= 0.6 is 0 Å². The van der Waals surface area contributed by atoms with Crippen LogP contribution in [0.3, 0.4) is 0 Å². The molecule has 0 aliphatic heterocycles. The Hall–Kier alpha value is -1.90. The highest BCUT2D eigenvalue weighted by molar-refractivity contribution is 5.14. The Kier molecular flexibility index (Phi) is 7.32. The molecule has 0 heterocycles. The average Bonchev–Trinajstić information content (AvgIpc) is 2.55. The molecule has 0 fully saturated rings. The van der Waals surface area contributed by atoms with Gasteiger partial charge in [0.25, 0.3) is 0 Å². The lowest BCUT2D eigenvalue weighted by molar-refractivity contribution is 0.124. The van der Waals surface area contributed by atoms with Crippen LogP contribution in [0.2, 0.25) is 0 Å². The standard InChI is InChI=1S/C19H22O2/c1-4-10-18(11-5-1)16-20-14-8-3-9-15-21-17-19-12-6-2-7-13-19/h1-8,10-13H,9,14-17H2/b8-3+. The largest absolute Gasteiger partial charge is 0.376 e. The molecule has 0 amide bonds. The Morgan fingerprint density at radius 2 is 1.24 bits per heavy atom. The molecule has 0 saturated carbocycles. The predicted octanol–water partition coefficient (Wildman–Crippen LogP) is 4.37. The van der Waals surface area contributed by atoms with Crippen molar-refractivity contribution in [3.05, 3.63) is 83.9 Å². The molecule has 0 radical (unpaired) electrons. The van der Waals surface area contributed by atoms with Gasteiger partial charge in [0.15, 0.2) is 0 Å². The molecule has 0 bridgehead atoms. The predicted molar refractivity (Wildman–Crippen MR) is 86.0 cm³/mol. The molecule has 0 unspecified atom stereocenters. The second-order valence-electron chi connectivity index (χ2n) is 4.80. The number of ether oxygens (including phenoxy) is 2. The van der Waals surface area contributed by atoms with Gasteiger partial charge in [0, 0.05) is 0 Å². The van der Waals surface area contributed by atoms with E-state index in [4.69, 9.17) is 9.47 Å². The Balaban J connectivity index is 1.47. The van der Waals surface area contributed by atoms with E-state index in [1.54, 1.807) is 0 Å². The van der Waals surface area contributed by atoms with E-state index in [0.29, 0.717) is 19.8 Å². The first-order chi connectivity index (χ1) is 10.4. The van der Waals surface area contributed by atoms with Crippen LogP contribution in [0.1, 0.15) is 17.5 Å². The molecule has 0 aliphatic rings. The summed E-state index contributed by atoms with van der Waals surface area (Å²) in [5.41, 5.74) is 2.42. The van der Waals surface area contributed by atoms with Gasteiger partial charge in [-0.1, -0.05) is 72.8 Å². The lowest BCUT2D eigenvalue weighted by Crippen LogP contribution is -1.95. The summed E-state index contributed by atoms with van der Waals surface area (Å²) in [4.78, 5) is 0. The maximum atomic E-state index is 5.60. The highest BCUT2D eigenvalue weighted by Gasteiger charge is 1.91. The van der Waals surface area contributed by atoms with E-state index in [0.717, 1.165) is 13.0 Å². The van der Waals surface area contributed by atoms with Gasteiger partial charge in [-0.2, -0.15) is 0 Å². The monoisotopic (exact) mass is 282 g/mol. The first-order valence-electron chi connectivity index (χ1n) is 7.33. The first kappa shape index (κ1) is 15.5. The second kappa shape index (κ2) is 9.92. The smallest absolute Gasteiger partial charge is 0.0721 e. The molecule has 0 N–H and O–H groups in total. The molecule has 2 rings (SSSR count).